The molecule has 20 heavy (non-hydrogen) atoms. The van der Waals surface area contributed by atoms with E-state index >= 15 is 0 Å². The lowest BCUT2D eigenvalue weighted by molar-refractivity contribution is 0.345. The van der Waals surface area contributed by atoms with E-state index in [2.05, 4.69) is 33.0 Å². The molecule has 0 bridgehead atoms. The van der Waals surface area contributed by atoms with Gasteiger partial charge >= 0.3 is 0 Å². The van der Waals surface area contributed by atoms with Gasteiger partial charge < -0.3 is 5.32 Å². The molecule has 0 spiro atoms. The zero-order chi connectivity index (χ0) is 15.0. The molecule has 1 nitrogen and oxygen atoms in total. The van der Waals surface area contributed by atoms with Crippen LogP contribution in [0.2, 0.25) is 0 Å². The summed E-state index contributed by atoms with van der Waals surface area (Å²) in [6.07, 6.45) is 4.70. The van der Waals surface area contributed by atoms with Crippen LogP contribution < -0.4 is 5.32 Å². The second kappa shape index (κ2) is 9.12. The number of hydrogen-bond donors (Lipinski definition) is 1. The monoisotopic (exact) mass is 279 g/mol. The van der Waals surface area contributed by atoms with Crippen molar-refractivity contribution in [1.82, 2.24) is 5.32 Å². The zero-order valence-electron chi connectivity index (χ0n) is 13.5. The van der Waals surface area contributed by atoms with Crippen LogP contribution in [0, 0.1) is 17.7 Å². The summed E-state index contributed by atoms with van der Waals surface area (Å²) < 4.78 is 13.3. The number of halogens is 1. The number of nitrogens with one attached hydrogen (secondary N) is 1. The highest BCUT2D eigenvalue weighted by molar-refractivity contribution is 5.17. The highest BCUT2D eigenvalue weighted by Gasteiger charge is 2.14. The molecule has 114 valence electrons. The second-order valence-electron chi connectivity index (χ2n) is 6.39. The van der Waals surface area contributed by atoms with Gasteiger partial charge in [-0.25, -0.2) is 4.39 Å². The molecular formula is C18H30FN. The van der Waals surface area contributed by atoms with E-state index in [0.717, 1.165) is 24.4 Å². The van der Waals surface area contributed by atoms with Crippen LogP contribution in [0.15, 0.2) is 24.3 Å². The molecule has 0 fully saturated rings. The normalized spacial score (nSPS) is 14.5. The molecular weight excluding hydrogens is 249 g/mol. The fraction of sp³-hybridized carbons (Fsp3) is 0.667. The van der Waals surface area contributed by atoms with Crippen LogP contribution in [-0.2, 0) is 6.42 Å². The maximum Gasteiger partial charge on any atom is 0.123 e. The first kappa shape index (κ1) is 17.2. The Kier molecular flexibility index (Phi) is 7.83. The summed E-state index contributed by atoms with van der Waals surface area (Å²) in [5.41, 5.74) is 1.12. The lowest BCUT2D eigenvalue weighted by atomic mass is 9.88. The Bertz CT molecular complexity index is 375. The Morgan fingerprint density at radius 2 is 1.95 bits per heavy atom. The van der Waals surface area contributed by atoms with Crippen molar-refractivity contribution < 1.29 is 4.39 Å². The van der Waals surface area contributed by atoms with Gasteiger partial charge in [0.1, 0.15) is 5.82 Å². The lowest BCUT2D eigenvalue weighted by Crippen LogP contribution is -2.30. The van der Waals surface area contributed by atoms with Gasteiger partial charge in [-0.2, -0.15) is 0 Å². The summed E-state index contributed by atoms with van der Waals surface area (Å²) in [7, 11) is 0. The van der Waals surface area contributed by atoms with Gasteiger partial charge in [0, 0.05) is 6.04 Å². The SMILES string of the molecule is CCCC(C)CC(CNC(C)C)Cc1cccc(F)c1. The quantitative estimate of drug-likeness (QED) is 0.684. The van der Waals surface area contributed by atoms with Gasteiger partial charge in [0.2, 0.25) is 0 Å². The predicted molar refractivity (Wildman–Crippen MR) is 85.4 cm³/mol. The van der Waals surface area contributed by atoms with Crippen LogP contribution in [0.1, 0.15) is 52.5 Å². The van der Waals surface area contributed by atoms with Gasteiger partial charge in [-0.3, -0.25) is 0 Å². The lowest BCUT2D eigenvalue weighted by Gasteiger charge is -2.23. The van der Waals surface area contributed by atoms with Crippen molar-refractivity contribution in [3.63, 3.8) is 0 Å². The van der Waals surface area contributed by atoms with Crippen molar-refractivity contribution >= 4 is 0 Å². The first-order valence-corrected chi connectivity index (χ1v) is 7.99. The van der Waals surface area contributed by atoms with Crippen LogP contribution in [-0.4, -0.2) is 12.6 Å². The van der Waals surface area contributed by atoms with Crippen LogP contribution in [0.3, 0.4) is 0 Å². The Hall–Kier alpha value is -0.890. The van der Waals surface area contributed by atoms with E-state index in [-0.39, 0.29) is 5.82 Å². The fourth-order valence-corrected chi connectivity index (χ4v) is 2.82. The van der Waals surface area contributed by atoms with Crippen molar-refractivity contribution in [3.05, 3.63) is 35.6 Å². The molecule has 2 heteroatoms. The summed E-state index contributed by atoms with van der Waals surface area (Å²) in [6, 6.07) is 7.55. The Balaban J connectivity index is 2.61. The van der Waals surface area contributed by atoms with Crippen LogP contribution >= 0.6 is 0 Å². The molecule has 1 aromatic rings. The molecule has 1 aromatic carbocycles. The van der Waals surface area contributed by atoms with Gasteiger partial charge in [-0.15, -0.1) is 0 Å². The van der Waals surface area contributed by atoms with E-state index in [0.29, 0.717) is 12.0 Å². The molecule has 0 aliphatic rings. The van der Waals surface area contributed by atoms with Crippen molar-refractivity contribution in [2.45, 2.75) is 59.4 Å². The third-order valence-electron chi connectivity index (χ3n) is 3.75. The van der Waals surface area contributed by atoms with Crippen molar-refractivity contribution in [3.8, 4) is 0 Å². The fourth-order valence-electron chi connectivity index (χ4n) is 2.82. The molecule has 2 unspecified atom stereocenters. The van der Waals surface area contributed by atoms with E-state index in [1.165, 1.54) is 25.3 Å². The minimum Gasteiger partial charge on any atom is -0.314 e. The Morgan fingerprint density at radius 1 is 1.20 bits per heavy atom. The molecule has 0 heterocycles. The van der Waals surface area contributed by atoms with Crippen LogP contribution in [0.5, 0.6) is 0 Å². The van der Waals surface area contributed by atoms with Crippen molar-refractivity contribution in [2.75, 3.05) is 6.54 Å². The first-order chi connectivity index (χ1) is 9.51. The van der Waals surface area contributed by atoms with Gasteiger partial charge in [0.05, 0.1) is 0 Å². The van der Waals surface area contributed by atoms with E-state index in [4.69, 9.17) is 0 Å². The van der Waals surface area contributed by atoms with E-state index in [1.54, 1.807) is 6.07 Å². The summed E-state index contributed by atoms with van der Waals surface area (Å²) in [5, 5.41) is 3.53. The molecule has 2 atom stereocenters. The minimum atomic E-state index is -0.125. The van der Waals surface area contributed by atoms with Gasteiger partial charge in [-0.05, 0) is 48.9 Å². The molecule has 0 radical (unpaired) electrons. The molecule has 0 aliphatic carbocycles. The van der Waals surface area contributed by atoms with E-state index < -0.39 is 0 Å². The van der Waals surface area contributed by atoms with Crippen molar-refractivity contribution in [2.24, 2.45) is 11.8 Å². The average Bonchev–Trinajstić information content (AvgIpc) is 2.36. The third-order valence-corrected chi connectivity index (χ3v) is 3.75. The number of hydrogen-bond acceptors (Lipinski definition) is 1. The first-order valence-electron chi connectivity index (χ1n) is 7.99. The number of rotatable bonds is 9. The number of benzene rings is 1. The van der Waals surface area contributed by atoms with E-state index in [1.807, 2.05) is 12.1 Å². The largest absolute Gasteiger partial charge is 0.314 e. The predicted octanol–water partition coefficient (Wildman–Crippen LogP) is 4.81. The highest BCUT2D eigenvalue weighted by Crippen LogP contribution is 2.21. The maximum absolute atomic E-state index is 13.3. The smallest absolute Gasteiger partial charge is 0.123 e. The van der Waals surface area contributed by atoms with E-state index in [9.17, 15) is 4.39 Å². The molecule has 0 saturated carbocycles. The van der Waals surface area contributed by atoms with Gasteiger partial charge in [0.25, 0.3) is 0 Å². The summed E-state index contributed by atoms with van der Waals surface area (Å²) in [4.78, 5) is 0. The molecule has 1 rings (SSSR count). The molecule has 1 N–H and O–H groups in total. The minimum absolute atomic E-state index is 0.125. The Labute approximate surface area is 124 Å². The summed E-state index contributed by atoms with van der Waals surface area (Å²) in [6.45, 7) is 9.94. The standard InChI is InChI=1S/C18H30FN/c1-5-7-15(4)10-17(13-20-14(2)3)11-16-8-6-9-18(19)12-16/h6,8-9,12,14-15,17,20H,5,7,10-11,13H2,1-4H3. The highest BCUT2D eigenvalue weighted by atomic mass is 19.1. The van der Waals surface area contributed by atoms with Crippen molar-refractivity contribution in [1.29, 1.82) is 0 Å². The molecule has 0 aromatic heterocycles. The maximum atomic E-state index is 13.3. The van der Waals surface area contributed by atoms with Gasteiger partial charge in [-0.1, -0.05) is 52.7 Å². The summed E-state index contributed by atoms with van der Waals surface area (Å²) in [5.74, 6) is 1.20. The molecule has 0 aliphatic heterocycles. The summed E-state index contributed by atoms with van der Waals surface area (Å²) >= 11 is 0. The Morgan fingerprint density at radius 3 is 2.55 bits per heavy atom. The molecule has 0 saturated heterocycles. The van der Waals surface area contributed by atoms with Crippen LogP contribution in [0.25, 0.3) is 0 Å². The second-order valence-corrected chi connectivity index (χ2v) is 6.39. The van der Waals surface area contributed by atoms with Gasteiger partial charge in [0.15, 0.2) is 0 Å². The third kappa shape index (κ3) is 7.04. The molecule has 0 amide bonds. The van der Waals surface area contributed by atoms with Crippen LogP contribution in [0.4, 0.5) is 4.39 Å². The average molecular weight is 279 g/mol. The topological polar surface area (TPSA) is 12.0 Å². The zero-order valence-corrected chi connectivity index (χ0v) is 13.5.